The third-order valence-corrected chi connectivity index (χ3v) is 2.00. The smallest absolute Gasteiger partial charge is 0.0459 e. The number of nitrogens with zero attached hydrogens (tertiary/aromatic N) is 2. The summed E-state index contributed by atoms with van der Waals surface area (Å²) in [5.41, 5.74) is 1.71. The van der Waals surface area contributed by atoms with E-state index in [0.717, 1.165) is 12.8 Å². The molecular weight excluding hydrogens is 148 g/mol. The fraction of sp³-hybridized carbons (Fsp3) is 0.800. The van der Waals surface area contributed by atoms with Gasteiger partial charge in [0, 0.05) is 18.3 Å². The van der Waals surface area contributed by atoms with Crippen molar-refractivity contribution < 1.29 is 0 Å². The van der Waals surface area contributed by atoms with Crippen LogP contribution >= 0.6 is 0 Å². The predicted octanol–water partition coefficient (Wildman–Crippen LogP) is 3.03. The van der Waals surface area contributed by atoms with Crippen LogP contribution in [0.5, 0.6) is 0 Å². The van der Waals surface area contributed by atoms with Gasteiger partial charge in [-0.1, -0.05) is 20.8 Å². The van der Waals surface area contributed by atoms with Crippen LogP contribution in [0.3, 0.4) is 0 Å². The van der Waals surface area contributed by atoms with Crippen molar-refractivity contribution in [3.63, 3.8) is 0 Å². The molecule has 0 aromatic rings. The molecule has 0 aliphatic carbocycles. The zero-order valence-electron chi connectivity index (χ0n) is 8.30. The second-order valence-electron chi connectivity index (χ2n) is 4.58. The second-order valence-corrected chi connectivity index (χ2v) is 4.58. The molecule has 0 fully saturated rings. The lowest BCUT2D eigenvalue weighted by Crippen LogP contribution is -2.05. The van der Waals surface area contributed by atoms with Crippen molar-refractivity contribution >= 4 is 11.9 Å². The molecule has 2 heteroatoms. The maximum atomic E-state index is 4.04. The summed E-state index contributed by atoms with van der Waals surface area (Å²) >= 11 is 0. The van der Waals surface area contributed by atoms with E-state index in [1.165, 1.54) is 18.6 Å². The summed E-state index contributed by atoms with van der Waals surface area (Å²) in [6.07, 6.45) is 6.49. The lowest BCUT2D eigenvalue weighted by atomic mass is 9.89. The molecule has 0 atom stereocenters. The summed E-state index contributed by atoms with van der Waals surface area (Å²) in [6, 6.07) is 0. The summed E-state index contributed by atoms with van der Waals surface area (Å²) in [6.45, 7) is 6.83. The summed E-state index contributed by atoms with van der Waals surface area (Å²) in [7, 11) is 0. The highest BCUT2D eigenvalue weighted by atomic mass is 15.2. The molecule has 0 aromatic carbocycles. The zero-order chi connectivity index (χ0) is 9.03. The third kappa shape index (κ3) is 3.65. The van der Waals surface area contributed by atoms with Crippen molar-refractivity contribution in [2.45, 2.75) is 46.5 Å². The quantitative estimate of drug-likeness (QED) is 0.615. The molecule has 0 radical (unpaired) electrons. The molecule has 1 aliphatic rings. The Bertz CT molecular complexity index is 196. The van der Waals surface area contributed by atoms with Crippen molar-refractivity contribution in [2.75, 3.05) is 0 Å². The second kappa shape index (κ2) is 3.83. The molecule has 0 spiro atoms. The van der Waals surface area contributed by atoms with E-state index in [1.54, 1.807) is 0 Å². The fourth-order valence-electron chi connectivity index (χ4n) is 1.28. The Hall–Kier alpha value is -0.660. The Kier molecular flexibility index (Phi) is 3.01. The van der Waals surface area contributed by atoms with Gasteiger partial charge in [-0.15, -0.1) is 0 Å². The van der Waals surface area contributed by atoms with E-state index >= 15 is 0 Å². The van der Waals surface area contributed by atoms with E-state index in [0.29, 0.717) is 5.41 Å². The number of hydrogen-bond acceptors (Lipinski definition) is 2. The molecule has 1 rings (SSSR count). The standard InChI is InChI=1S/C10H18N2/c1-10(2,3)7-4-5-9-6-8-11-12-9/h8H,4-7H2,1-3H3. The first-order chi connectivity index (χ1) is 5.58. The van der Waals surface area contributed by atoms with Crippen LogP contribution in [0.2, 0.25) is 0 Å². The van der Waals surface area contributed by atoms with Gasteiger partial charge >= 0.3 is 0 Å². The van der Waals surface area contributed by atoms with E-state index in [4.69, 9.17) is 0 Å². The largest absolute Gasteiger partial charge is 0.163 e. The van der Waals surface area contributed by atoms with Gasteiger partial charge in [0.15, 0.2) is 0 Å². The molecule has 0 amide bonds. The highest BCUT2D eigenvalue weighted by Gasteiger charge is 2.10. The van der Waals surface area contributed by atoms with Crippen LogP contribution in [0.15, 0.2) is 10.2 Å². The molecule has 0 bridgehead atoms. The zero-order valence-corrected chi connectivity index (χ0v) is 8.30. The predicted molar refractivity (Wildman–Crippen MR) is 53.9 cm³/mol. The summed E-state index contributed by atoms with van der Waals surface area (Å²) in [5.74, 6) is 0. The maximum Gasteiger partial charge on any atom is 0.0459 e. The Labute approximate surface area is 74.8 Å². The van der Waals surface area contributed by atoms with Crippen molar-refractivity contribution in [3.05, 3.63) is 0 Å². The van der Waals surface area contributed by atoms with Gasteiger partial charge in [-0.25, -0.2) is 0 Å². The first kappa shape index (κ1) is 9.43. The fourth-order valence-corrected chi connectivity index (χ4v) is 1.28. The van der Waals surface area contributed by atoms with Crippen LogP contribution < -0.4 is 0 Å². The van der Waals surface area contributed by atoms with E-state index in [9.17, 15) is 0 Å². The first-order valence-corrected chi connectivity index (χ1v) is 4.65. The topological polar surface area (TPSA) is 24.7 Å². The van der Waals surface area contributed by atoms with Crippen LogP contribution in [0.4, 0.5) is 0 Å². The molecule has 0 saturated heterocycles. The summed E-state index contributed by atoms with van der Waals surface area (Å²) in [5, 5.41) is 7.88. The Morgan fingerprint density at radius 3 is 2.67 bits per heavy atom. The molecule has 1 aliphatic heterocycles. The van der Waals surface area contributed by atoms with Crippen LogP contribution in [0.1, 0.15) is 46.5 Å². The van der Waals surface area contributed by atoms with Crippen molar-refractivity contribution in [1.82, 2.24) is 0 Å². The minimum absolute atomic E-state index is 0.458. The van der Waals surface area contributed by atoms with Gasteiger partial charge in [0.05, 0.1) is 0 Å². The highest BCUT2D eigenvalue weighted by molar-refractivity contribution is 5.98. The normalized spacial score (nSPS) is 16.8. The molecule has 0 N–H and O–H groups in total. The van der Waals surface area contributed by atoms with E-state index in [-0.39, 0.29) is 0 Å². The Morgan fingerprint density at radius 1 is 1.42 bits per heavy atom. The van der Waals surface area contributed by atoms with Gasteiger partial charge in [-0.2, -0.15) is 10.2 Å². The molecule has 68 valence electrons. The van der Waals surface area contributed by atoms with E-state index < -0.39 is 0 Å². The lowest BCUT2D eigenvalue weighted by molar-refractivity contribution is 0.368. The monoisotopic (exact) mass is 166 g/mol. The van der Waals surface area contributed by atoms with E-state index in [1.807, 2.05) is 6.21 Å². The van der Waals surface area contributed by atoms with Crippen molar-refractivity contribution in [2.24, 2.45) is 15.6 Å². The average molecular weight is 166 g/mol. The lowest BCUT2D eigenvalue weighted by Gasteiger charge is -2.17. The molecule has 2 nitrogen and oxygen atoms in total. The van der Waals surface area contributed by atoms with Crippen LogP contribution in [-0.4, -0.2) is 11.9 Å². The van der Waals surface area contributed by atoms with Gasteiger partial charge in [0.1, 0.15) is 0 Å². The third-order valence-electron chi connectivity index (χ3n) is 2.00. The van der Waals surface area contributed by atoms with Gasteiger partial charge in [-0.3, -0.25) is 0 Å². The van der Waals surface area contributed by atoms with Crippen molar-refractivity contribution in [1.29, 1.82) is 0 Å². The number of hydrogen-bond donors (Lipinski definition) is 0. The Balaban J connectivity index is 2.11. The van der Waals surface area contributed by atoms with Gasteiger partial charge in [-0.05, 0) is 24.7 Å². The van der Waals surface area contributed by atoms with Crippen LogP contribution in [0.25, 0.3) is 0 Å². The molecule has 0 saturated carbocycles. The SMILES string of the molecule is CC(C)(C)CCCC1=NN=CC1. The minimum Gasteiger partial charge on any atom is -0.163 e. The van der Waals surface area contributed by atoms with Crippen molar-refractivity contribution in [3.8, 4) is 0 Å². The molecule has 0 aromatic heterocycles. The molecule has 12 heavy (non-hydrogen) atoms. The van der Waals surface area contributed by atoms with Crippen LogP contribution in [0, 0.1) is 5.41 Å². The molecular formula is C10H18N2. The molecule has 0 unspecified atom stereocenters. The van der Waals surface area contributed by atoms with E-state index in [2.05, 4.69) is 31.0 Å². The average Bonchev–Trinajstić information content (AvgIpc) is 2.36. The van der Waals surface area contributed by atoms with Gasteiger partial charge in [0.2, 0.25) is 0 Å². The van der Waals surface area contributed by atoms with Gasteiger partial charge < -0.3 is 0 Å². The summed E-state index contributed by atoms with van der Waals surface area (Å²) in [4.78, 5) is 0. The maximum absolute atomic E-state index is 4.04. The molecule has 1 heterocycles. The minimum atomic E-state index is 0.458. The van der Waals surface area contributed by atoms with Crippen LogP contribution in [-0.2, 0) is 0 Å². The first-order valence-electron chi connectivity index (χ1n) is 4.65. The Morgan fingerprint density at radius 2 is 2.17 bits per heavy atom. The summed E-state index contributed by atoms with van der Waals surface area (Å²) < 4.78 is 0. The highest BCUT2D eigenvalue weighted by Crippen LogP contribution is 2.22. The van der Waals surface area contributed by atoms with Gasteiger partial charge in [0.25, 0.3) is 0 Å². The number of rotatable bonds is 3.